The molecular weight excluding hydrogens is 146 g/mol. The largest absolute Gasteiger partial charge is 0.369 e. The summed E-state index contributed by atoms with van der Waals surface area (Å²) in [6, 6.07) is 0. The van der Waals surface area contributed by atoms with Gasteiger partial charge in [-0.3, -0.25) is 0 Å². The molecule has 0 saturated heterocycles. The molecule has 0 saturated carbocycles. The number of rotatable bonds is 2. The molecule has 10 heavy (non-hydrogen) atoms. The van der Waals surface area contributed by atoms with Crippen LogP contribution in [0.25, 0.3) is 0 Å². The molecule has 0 aliphatic carbocycles. The lowest BCUT2D eigenvalue weighted by atomic mass is 10.5. The Morgan fingerprint density at radius 1 is 1.90 bits per heavy atom. The molecule has 0 unspecified atom stereocenters. The van der Waals surface area contributed by atoms with E-state index in [2.05, 4.69) is 11.6 Å². The Balaban J connectivity index is 2.59. The van der Waals surface area contributed by atoms with E-state index in [-0.39, 0.29) is 0 Å². The molecule has 0 atom stereocenters. The number of aliphatic imine (C=N–C) groups is 1. The van der Waals surface area contributed by atoms with Crippen molar-refractivity contribution in [3.05, 3.63) is 12.7 Å². The minimum absolute atomic E-state index is 0.505. The second-order valence-electron chi connectivity index (χ2n) is 2.03. The van der Waals surface area contributed by atoms with E-state index >= 15 is 0 Å². The van der Waals surface area contributed by atoms with Gasteiger partial charge in [-0.05, 0) is 0 Å². The van der Waals surface area contributed by atoms with Crippen LogP contribution >= 0.6 is 12.2 Å². The van der Waals surface area contributed by atoms with Gasteiger partial charge in [-0.1, -0.05) is 18.3 Å². The molecule has 0 bridgehead atoms. The Labute approximate surface area is 65.2 Å². The normalized spacial score (nSPS) is 17.4. The van der Waals surface area contributed by atoms with E-state index < -0.39 is 0 Å². The highest BCUT2D eigenvalue weighted by molar-refractivity contribution is 7.80. The lowest BCUT2D eigenvalue weighted by Crippen LogP contribution is -2.33. The summed E-state index contributed by atoms with van der Waals surface area (Å²) in [6.07, 6.45) is 1.77. The Kier molecular flexibility index (Phi) is 2.01. The third kappa shape index (κ3) is 1.33. The van der Waals surface area contributed by atoms with E-state index in [4.69, 9.17) is 18.0 Å². The van der Waals surface area contributed by atoms with E-state index in [1.807, 2.05) is 4.90 Å². The predicted octanol–water partition coefficient (Wildman–Crippen LogP) is 0.130. The van der Waals surface area contributed by atoms with Gasteiger partial charge in [0, 0.05) is 6.54 Å². The van der Waals surface area contributed by atoms with E-state index in [1.54, 1.807) is 6.08 Å². The van der Waals surface area contributed by atoms with Crippen LogP contribution in [0.2, 0.25) is 0 Å². The maximum absolute atomic E-state index is 5.50. The van der Waals surface area contributed by atoms with Crippen molar-refractivity contribution in [1.29, 1.82) is 0 Å². The quantitative estimate of drug-likeness (QED) is 0.455. The Morgan fingerprint density at radius 2 is 2.60 bits per heavy atom. The highest BCUT2D eigenvalue weighted by atomic mass is 32.1. The monoisotopic (exact) mass is 155 g/mol. The molecule has 4 heteroatoms. The van der Waals surface area contributed by atoms with Crippen LogP contribution in [-0.2, 0) is 0 Å². The molecule has 54 valence electrons. The standard InChI is InChI=1S/C6H9N3S/c1-2-3-9-4-5(10)8-6(9)7/h2H,1,3-4H2,(H2,7,8,10). The minimum Gasteiger partial charge on any atom is -0.369 e. The summed E-state index contributed by atoms with van der Waals surface area (Å²) in [5.41, 5.74) is 5.50. The number of hydrogen-bond donors (Lipinski definition) is 1. The summed E-state index contributed by atoms with van der Waals surface area (Å²) in [7, 11) is 0. The fourth-order valence-corrected chi connectivity index (χ4v) is 1.04. The van der Waals surface area contributed by atoms with Crippen molar-refractivity contribution in [2.45, 2.75) is 0 Å². The Bertz CT molecular complexity index is 197. The summed E-state index contributed by atoms with van der Waals surface area (Å²) in [5.74, 6) is 0.505. The summed E-state index contributed by atoms with van der Waals surface area (Å²) >= 11 is 4.84. The molecule has 1 heterocycles. The summed E-state index contributed by atoms with van der Waals surface area (Å²) in [5, 5.41) is 0. The zero-order valence-corrected chi connectivity index (χ0v) is 6.40. The first-order valence-electron chi connectivity index (χ1n) is 2.97. The van der Waals surface area contributed by atoms with Crippen molar-refractivity contribution in [2.75, 3.05) is 13.1 Å². The molecule has 1 rings (SSSR count). The number of nitrogens with two attached hydrogens (primary N) is 1. The first kappa shape index (κ1) is 7.21. The summed E-state index contributed by atoms with van der Waals surface area (Å²) in [4.78, 5) is 6.42. The van der Waals surface area contributed by atoms with Crippen molar-refractivity contribution in [3.8, 4) is 0 Å². The summed E-state index contributed by atoms with van der Waals surface area (Å²) in [6.45, 7) is 4.97. The molecule has 1 aliphatic heterocycles. The Morgan fingerprint density at radius 3 is 3.00 bits per heavy atom. The molecule has 0 spiro atoms. The zero-order valence-electron chi connectivity index (χ0n) is 5.58. The van der Waals surface area contributed by atoms with Gasteiger partial charge < -0.3 is 10.6 Å². The fraction of sp³-hybridized carbons (Fsp3) is 0.333. The van der Waals surface area contributed by atoms with Crippen molar-refractivity contribution < 1.29 is 0 Å². The average molecular weight is 155 g/mol. The van der Waals surface area contributed by atoms with Gasteiger partial charge in [-0.25, -0.2) is 4.99 Å². The lowest BCUT2D eigenvalue weighted by molar-refractivity contribution is 0.539. The molecule has 1 aliphatic rings. The molecule has 0 aromatic rings. The first-order chi connectivity index (χ1) is 4.74. The van der Waals surface area contributed by atoms with Crippen LogP contribution in [0.1, 0.15) is 0 Å². The molecule has 0 aromatic heterocycles. The third-order valence-corrected chi connectivity index (χ3v) is 1.46. The average Bonchev–Trinajstić information content (AvgIpc) is 2.13. The molecule has 3 nitrogen and oxygen atoms in total. The Hall–Kier alpha value is -0.900. The minimum atomic E-state index is 0.505. The second-order valence-corrected chi connectivity index (χ2v) is 2.50. The number of nitrogens with zero attached hydrogens (tertiary/aromatic N) is 2. The molecule has 0 fully saturated rings. The molecule has 0 radical (unpaired) electrons. The first-order valence-corrected chi connectivity index (χ1v) is 3.37. The highest BCUT2D eigenvalue weighted by Crippen LogP contribution is 1.99. The van der Waals surface area contributed by atoms with Crippen molar-refractivity contribution in [3.63, 3.8) is 0 Å². The maximum atomic E-state index is 5.50. The van der Waals surface area contributed by atoms with E-state index in [9.17, 15) is 0 Å². The van der Waals surface area contributed by atoms with Crippen molar-refractivity contribution in [1.82, 2.24) is 4.90 Å². The van der Waals surface area contributed by atoms with Gasteiger partial charge in [0.1, 0.15) is 4.99 Å². The molecule has 0 amide bonds. The van der Waals surface area contributed by atoms with Gasteiger partial charge in [0.25, 0.3) is 0 Å². The molecular formula is C6H9N3S. The topological polar surface area (TPSA) is 41.6 Å². The van der Waals surface area contributed by atoms with E-state index in [1.165, 1.54) is 0 Å². The SMILES string of the molecule is C=CCN1CC(=S)N=C1N. The van der Waals surface area contributed by atoms with Crippen LogP contribution in [0.5, 0.6) is 0 Å². The van der Waals surface area contributed by atoms with Gasteiger partial charge in [0.2, 0.25) is 0 Å². The zero-order chi connectivity index (χ0) is 7.56. The smallest absolute Gasteiger partial charge is 0.197 e. The van der Waals surface area contributed by atoms with Gasteiger partial charge in [-0.2, -0.15) is 0 Å². The fourth-order valence-electron chi connectivity index (χ4n) is 0.792. The third-order valence-electron chi connectivity index (χ3n) is 1.24. The lowest BCUT2D eigenvalue weighted by Gasteiger charge is -2.12. The number of hydrogen-bond acceptors (Lipinski definition) is 3. The second kappa shape index (κ2) is 2.79. The van der Waals surface area contributed by atoms with Gasteiger partial charge >= 0.3 is 0 Å². The number of thiocarbonyl (C=S) groups is 1. The van der Waals surface area contributed by atoms with Crippen LogP contribution < -0.4 is 5.73 Å². The van der Waals surface area contributed by atoms with Gasteiger partial charge in [0.15, 0.2) is 5.96 Å². The van der Waals surface area contributed by atoms with Crippen molar-refractivity contribution in [2.24, 2.45) is 10.7 Å². The molecule has 0 aromatic carbocycles. The maximum Gasteiger partial charge on any atom is 0.197 e. The van der Waals surface area contributed by atoms with Gasteiger partial charge in [0.05, 0.1) is 6.54 Å². The van der Waals surface area contributed by atoms with E-state index in [0.717, 1.165) is 6.54 Å². The van der Waals surface area contributed by atoms with Crippen LogP contribution in [0.4, 0.5) is 0 Å². The van der Waals surface area contributed by atoms with Crippen LogP contribution in [0.3, 0.4) is 0 Å². The van der Waals surface area contributed by atoms with Crippen LogP contribution in [-0.4, -0.2) is 28.9 Å². The predicted molar refractivity (Wildman–Crippen MR) is 46.0 cm³/mol. The van der Waals surface area contributed by atoms with Gasteiger partial charge in [-0.15, -0.1) is 6.58 Å². The number of guanidine groups is 1. The summed E-state index contributed by atoms with van der Waals surface area (Å²) < 4.78 is 0. The van der Waals surface area contributed by atoms with Crippen LogP contribution in [0.15, 0.2) is 17.6 Å². The van der Waals surface area contributed by atoms with Crippen LogP contribution in [0, 0.1) is 0 Å². The highest BCUT2D eigenvalue weighted by Gasteiger charge is 2.15. The molecule has 2 N–H and O–H groups in total. The van der Waals surface area contributed by atoms with Crippen molar-refractivity contribution >= 4 is 23.2 Å². The van der Waals surface area contributed by atoms with E-state index in [0.29, 0.717) is 17.5 Å².